The Balaban J connectivity index is 1.82. The van der Waals surface area contributed by atoms with Crippen LogP contribution in [0.4, 0.5) is 4.39 Å². The molecule has 7 heteroatoms. The molecule has 0 spiro atoms. The number of ether oxygens (including phenoxy) is 1. The standard InChI is InChI=1S/C22H15BrFNO4/c1-12-20(22(27)28-2)15-5-3-4-6-17(15)25(12)21(26)19-10-9-18(29-19)14-8-7-13(23)11-16(14)24/h3-11H,1-2H3. The number of rotatable bonds is 3. The molecule has 0 aliphatic carbocycles. The maximum Gasteiger partial charge on any atom is 0.340 e. The van der Waals surface area contributed by atoms with E-state index in [9.17, 15) is 14.0 Å². The van der Waals surface area contributed by atoms with Gasteiger partial charge in [-0.2, -0.15) is 0 Å². The monoisotopic (exact) mass is 455 g/mol. The Morgan fingerprint density at radius 3 is 2.59 bits per heavy atom. The van der Waals surface area contributed by atoms with Gasteiger partial charge in [0.1, 0.15) is 11.6 Å². The predicted octanol–water partition coefficient (Wildman–Crippen LogP) is 5.59. The summed E-state index contributed by atoms with van der Waals surface area (Å²) in [5, 5.41) is 0.607. The van der Waals surface area contributed by atoms with Gasteiger partial charge < -0.3 is 9.15 Å². The number of hydrogen-bond acceptors (Lipinski definition) is 4. The van der Waals surface area contributed by atoms with Gasteiger partial charge in [0, 0.05) is 15.6 Å². The van der Waals surface area contributed by atoms with Crippen molar-refractivity contribution < 1.29 is 23.1 Å². The van der Waals surface area contributed by atoms with E-state index in [0.717, 1.165) is 0 Å². The van der Waals surface area contributed by atoms with Gasteiger partial charge in [0.15, 0.2) is 5.76 Å². The molecule has 29 heavy (non-hydrogen) atoms. The van der Waals surface area contributed by atoms with E-state index in [-0.39, 0.29) is 17.1 Å². The van der Waals surface area contributed by atoms with Crippen LogP contribution < -0.4 is 0 Å². The van der Waals surface area contributed by atoms with Crippen LogP contribution in [-0.2, 0) is 4.74 Å². The lowest BCUT2D eigenvalue weighted by Gasteiger charge is -2.05. The SMILES string of the molecule is COC(=O)c1c(C)n(C(=O)c2ccc(-c3ccc(Br)cc3F)o2)c2ccccc12. The second kappa shape index (κ2) is 7.33. The van der Waals surface area contributed by atoms with Crippen LogP contribution in [0.3, 0.4) is 0 Å². The third-order valence-corrected chi connectivity index (χ3v) is 5.21. The highest BCUT2D eigenvalue weighted by molar-refractivity contribution is 9.10. The quantitative estimate of drug-likeness (QED) is 0.378. The molecule has 0 bridgehead atoms. The van der Waals surface area contributed by atoms with Crippen molar-refractivity contribution in [2.24, 2.45) is 0 Å². The Morgan fingerprint density at radius 2 is 1.86 bits per heavy atom. The number of para-hydroxylation sites is 1. The van der Waals surface area contributed by atoms with E-state index in [0.29, 0.717) is 26.6 Å². The fourth-order valence-corrected chi connectivity index (χ4v) is 3.72. The molecule has 146 valence electrons. The number of hydrogen-bond donors (Lipinski definition) is 0. The number of aromatic nitrogens is 1. The highest BCUT2D eigenvalue weighted by Gasteiger charge is 2.26. The number of methoxy groups -OCH3 is 1. The maximum atomic E-state index is 14.2. The van der Waals surface area contributed by atoms with Crippen LogP contribution >= 0.6 is 15.9 Å². The minimum Gasteiger partial charge on any atom is -0.465 e. The van der Waals surface area contributed by atoms with E-state index in [1.54, 1.807) is 49.4 Å². The van der Waals surface area contributed by atoms with E-state index in [1.807, 2.05) is 0 Å². The topological polar surface area (TPSA) is 61.4 Å². The average molecular weight is 456 g/mol. The fraction of sp³-hybridized carbons (Fsp3) is 0.0909. The van der Waals surface area contributed by atoms with Crippen LogP contribution in [-0.4, -0.2) is 23.6 Å². The zero-order valence-electron chi connectivity index (χ0n) is 15.5. The number of fused-ring (bicyclic) bond motifs is 1. The molecule has 0 fully saturated rings. The van der Waals surface area contributed by atoms with Gasteiger partial charge in [0.2, 0.25) is 0 Å². The van der Waals surface area contributed by atoms with E-state index in [4.69, 9.17) is 9.15 Å². The third-order valence-electron chi connectivity index (χ3n) is 4.72. The summed E-state index contributed by atoms with van der Waals surface area (Å²) in [4.78, 5) is 25.5. The van der Waals surface area contributed by atoms with Crippen LogP contribution in [0.15, 0.2) is 63.5 Å². The summed E-state index contributed by atoms with van der Waals surface area (Å²) in [6.45, 7) is 1.67. The molecule has 0 aliphatic heterocycles. The summed E-state index contributed by atoms with van der Waals surface area (Å²) < 4.78 is 26.8. The molecule has 0 amide bonds. The van der Waals surface area contributed by atoms with Gasteiger partial charge in [-0.3, -0.25) is 9.36 Å². The minimum atomic E-state index is -0.526. The lowest BCUT2D eigenvalue weighted by atomic mass is 10.1. The summed E-state index contributed by atoms with van der Waals surface area (Å²) in [7, 11) is 1.29. The lowest BCUT2D eigenvalue weighted by molar-refractivity contribution is 0.0602. The van der Waals surface area contributed by atoms with Crippen molar-refractivity contribution in [1.82, 2.24) is 4.57 Å². The molecule has 2 heterocycles. The molecule has 2 aromatic carbocycles. The number of carbonyl (C=O) groups is 2. The minimum absolute atomic E-state index is 0.0302. The number of halogens is 2. The Kier molecular flexibility index (Phi) is 4.84. The Morgan fingerprint density at radius 1 is 1.10 bits per heavy atom. The van der Waals surface area contributed by atoms with E-state index in [2.05, 4.69) is 15.9 Å². The van der Waals surface area contributed by atoms with Crippen LogP contribution in [0.1, 0.15) is 26.6 Å². The summed E-state index contributed by atoms with van der Waals surface area (Å²) in [6, 6.07) is 14.7. The number of benzene rings is 2. The molecule has 0 radical (unpaired) electrons. The first-order chi connectivity index (χ1) is 13.9. The molecule has 0 aliphatic rings. The van der Waals surface area contributed by atoms with Crippen LogP contribution in [0.5, 0.6) is 0 Å². The molecule has 2 aromatic heterocycles. The van der Waals surface area contributed by atoms with Crippen molar-refractivity contribution in [3.63, 3.8) is 0 Å². The number of furan rings is 1. The zero-order valence-corrected chi connectivity index (χ0v) is 17.1. The smallest absolute Gasteiger partial charge is 0.340 e. The molecular weight excluding hydrogens is 441 g/mol. The molecule has 0 saturated heterocycles. The van der Waals surface area contributed by atoms with Crippen molar-refractivity contribution in [2.45, 2.75) is 6.92 Å². The molecule has 0 N–H and O–H groups in total. The van der Waals surface area contributed by atoms with Crippen molar-refractivity contribution in [2.75, 3.05) is 7.11 Å². The summed E-state index contributed by atoms with van der Waals surface area (Å²) in [5.74, 6) is -1.19. The lowest BCUT2D eigenvalue weighted by Crippen LogP contribution is -2.14. The van der Waals surface area contributed by atoms with Crippen LogP contribution in [0, 0.1) is 12.7 Å². The summed E-state index contributed by atoms with van der Waals surface area (Å²) in [6.07, 6.45) is 0. The van der Waals surface area contributed by atoms with Gasteiger partial charge in [-0.1, -0.05) is 34.1 Å². The van der Waals surface area contributed by atoms with Gasteiger partial charge in [-0.15, -0.1) is 0 Å². The van der Waals surface area contributed by atoms with Gasteiger partial charge in [-0.05, 0) is 43.3 Å². The van der Waals surface area contributed by atoms with E-state index in [1.165, 1.54) is 23.8 Å². The van der Waals surface area contributed by atoms with E-state index < -0.39 is 17.7 Å². The van der Waals surface area contributed by atoms with Crippen molar-refractivity contribution in [3.8, 4) is 11.3 Å². The Hall–Kier alpha value is -3.19. The largest absolute Gasteiger partial charge is 0.465 e. The Labute approximate surface area is 173 Å². The molecule has 0 saturated carbocycles. The van der Waals surface area contributed by atoms with Gasteiger partial charge in [0.25, 0.3) is 5.91 Å². The second-order valence-electron chi connectivity index (χ2n) is 6.40. The maximum absolute atomic E-state index is 14.2. The molecule has 0 unspecified atom stereocenters. The third kappa shape index (κ3) is 3.17. The zero-order chi connectivity index (χ0) is 20.7. The molecule has 5 nitrogen and oxygen atoms in total. The van der Waals surface area contributed by atoms with Crippen molar-refractivity contribution in [1.29, 1.82) is 0 Å². The highest BCUT2D eigenvalue weighted by Crippen LogP contribution is 2.30. The van der Waals surface area contributed by atoms with Crippen LogP contribution in [0.25, 0.3) is 22.2 Å². The molecular formula is C22H15BrFNO4. The van der Waals surface area contributed by atoms with Crippen molar-refractivity contribution >= 4 is 38.7 Å². The molecule has 4 rings (SSSR count). The molecule has 0 atom stereocenters. The average Bonchev–Trinajstić information content (AvgIpc) is 3.29. The van der Waals surface area contributed by atoms with Gasteiger partial charge in [0.05, 0.1) is 23.8 Å². The van der Waals surface area contributed by atoms with Gasteiger partial charge in [-0.25, -0.2) is 9.18 Å². The highest BCUT2D eigenvalue weighted by atomic mass is 79.9. The molecule has 4 aromatic rings. The van der Waals surface area contributed by atoms with E-state index >= 15 is 0 Å². The number of carbonyl (C=O) groups excluding carboxylic acids is 2. The second-order valence-corrected chi connectivity index (χ2v) is 7.31. The first-order valence-corrected chi connectivity index (χ1v) is 9.50. The van der Waals surface area contributed by atoms with Crippen LogP contribution in [0.2, 0.25) is 0 Å². The number of esters is 1. The van der Waals surface area contributed by atoms with Crippen molar-refractivity contribution in [3.05, 3.63) is 81.9 Å². The first kappa shape index (κ1) is 19.1. The predicted molar refractivity (Wildman–Crippen MR) is 110 cm³/mol. The van der Waals surface area contributed by atoms with Gasteiger partial charge >= 0.3 is 5.97 Å². The number of nitrogens with zero attached hydrogens (tertiary/aromatic N) is 1. The summed E-state index contributed by atoms with van der Waals surface area (Å²) in [5.41, 5.74) is 1.57. The fourth-order valence-electron chi connectivity index (χ4n) is 3.39. The Bertz CT molecular complexity index is 1270. The first-order valence-electron chi connectivity index (χ1n) is 8.70. The normalized spacial score (nSPS) is 11.0. The summed E-state index contributed by atoms with van der Waals surface area (Å²) >= 11 is 3.21.